The van der Waals surface area contributed by atoms with Gasteiger partial charge in [0.1, 0.15) is 0 Å². The number of halogens is 1. The van der Waals surface area contributed by atoms with Gasteiger partial charge >= 0.3 is 0 Å². The third-order valence-corrected chi connectivity index (χ3v) is 4.02. The minimum Gasteiger partial charge on any atom is -0.343 e. The molecule has 2 rings (SSSR count). The number of benzene rings is 1. The predicted octanol–water partition coefficient (Wildman–Crippen LogP) is 2.89. The molecule has 5 heteroatoms. The molecule has 1 aromatic heterocycles. The third kappa shape index (κ3) is 6.76. The van der Waals surface area contributed by atoms with Crippen LogP contribution in [-0.4, -0.2) is 28.8 Å². The quantitative estimate of drug-likeness (QED) is 0.462. The molecule has 0 spiro atoms. The lowest BCUT2D eigenvalue weighted by molar-refractivity contribution is -0.645. The van der Waals surface area contributed by atoms with Crippen LogP contribution in [0.25, 0.3) is 6.08 Å². The highest BCUT2D eigenvalue weighted by Gasteiger charge is 1.96. The summed E-state index contributed by atoms with van der Waals surface area (Å²) in [7, 11) is 0. The van der Waals surface area contributed by atoms with Crippen LogP contribution in [0.3, 0.4) is 0 Å². The SMILES string of the molecule is Clc1ccc(/C=C/C[NH2+]CCCSc2ncccn2)cc1. The van der Waals surface area contributed by atoms with E-state index in [0.717, 1.165) is 35.4 Å². The summed E-state index contributed by atoms with van der Waals surface area (Å²) in [5.74, 6) is 1.06. The molecule has 0 atom stereocenters. The minimum atomic E-state index is 0.776. The van der Waals surface area contributed by atoms with Crippen molar-refractivity contribution in [2.75, 3.05) is 18.8 Å². The van der Waals surface area contributed by atoms with E-state index in [1.54, 1.807) is 24.2 Å². The lowest BCUT2D eigenvalue weighted by Crippen LogP contribution is -2.84. The molecule has 0 radical (unpaired) electrons. The molecular weight excluding hydrogens is 302 g/mol. The van der Waals surface area contributed by atoms with E-state index >= 15 is 0 Å². The average Bonchev–Trinajstić information content (AvgIpc) is 2.53. The van der Waals surface area contributed by atoms with Gasteiger partial charge in [-0.05, 0) is 29.8 Å². The topological polar surface area (TPSA) is 42.4 Å². The Kier molecular flexibility index (Phi) is 7.29. The van der Waals surface area contributed by atoms with E-state index in [4.69, 9.17) is 11.6 Å². The Hall–Kier alpha value is -1.36. The van der Waals surface area contributed by atoms with Gasteiger partial charge in [-0.15, -0.1) is 0 Å². The third-order valence-electron chi connectivity index (χ3n) is 2.81. The molecule has 0 aliphatic carbocycles. The fourth-order valence-corrected chi connectivity index (χ4v) is 2.63. The molecule has 0 amide bonds. The first-order valence-corrected chi connectivity index (χ1v) is 8.34. The van der Waals surface area contributed by atoms with E-state index < -0.39 is 0 Å². The number of quaternary nitrogens is 1. The number of nitrogens with zero attached hydrogens (tertiary/aromatic N) is 2. The molecule has 21 heavy (non-hydrogen) atoms. The fourth-order valence-electron chi connectivity index (χ4n) is 1.74. The molecule has 1 heterocycles. The summed E-state index contributed by atoms with van der Waals surface area (Å²) >= 11 is 7.56. The van der Waals surface area contributed by atoms with Crippen LogP contribution in [0.1, 0.15) is 12.0 Å². The van der Waals surface area contributed by atoms with Gasteiger partial charge in [-0.1, -0.05) is 41.6 Å². The van der Waals surface area contributed by atoms with Crippen LogP contribution in [0.5, 0.6) is 0 Å². The molecular formula is C16H19ClN3S+. The van der Waals surface area contributed by atoms with Gasteiger partial charge in [-0.25, -0.2) is 9.97 Å². The van der Waals surface area contributed by atoms with Crippen molar-refractivity contribution >= 4 is 29.4 Å². The van der Waals surface area contributed by atoms with E-state index in [2.05, 4.69) is 27.4 Å². The highest BCUT2D eigenvalue weighted by atomic mass is 35.5. The second-order valence-electron chi connectivity index (χ2n) is 4.50. The van der Waals surface area contributed by atoms with Crippen molar-refractivity contribution in [3.8, 4) is 0 Å². The second-order valence-corrected chi connectivity index (χ2v) is 6.00. The molecule has 2 N–H and O–H groups in total. The van der Waals surface area contributed by atoms with Gasteiger partial charge in [0, 0.05) is 29.6 Å². The summed E-state index contributed by atoms with van der Waals surface area (Å²) in [4.78, 5) is 8.37. The summed E-state index contributed by atoms with van der Waals surface area (Å²) < 4.78 is 0. The maximum absolute atomic E-state index is 5.85. The summed E-state index contributed by atoms with van der Waals surface area (Å²) in [5.41, 5.74) is 1.18. The molecule has 0 fully saturated rings. The van der Waals surface area contributed by atoms with Crippen LogP contribution in [0.4, 0.5) is 0 Å². The van der Waals surface area contributed by atoms with Crippen molar-refractivity contribution in [2.45, 2.75) is 11.6 Å². The Morgan fingerprint density at radius 2 is 1.90 bits per heavy atom. The van der Waals surface area contributed by atoms with Crippen molar-refractivity contribution in [3.05, 3.63) is 59.4 Å². The zero-order valence-electron chi connectivity index (χ0n) is 11.8. The highest BCUT2D eigenvalue weighted by Crippen LogP contribution is 2.11. The molecule has 110 valence electrons. The number of nitrogens with two attached hydrogens (primary N) is 1. The minimum absolute atomic E-state index is 0.776. The number of rotatable bonds is 8. The van der Waals surface area contributed by atoms with Crippen LogP contribution in [0.15, 0.2) is 54.0 Å². The normalized spacial score (nSPS) is 11.1. The van der Waals surface area contributed by atoms with Gasteiger partial charge in [-0.2, -0.15) is 0 Å². The van der Waals surface area contributed by atoms with E-state index in [-0.39, 0.29) is 0 Å². The van der Waals surface area contributed by atoms with Crippen LogP contribution < -0.4 is 5.32 Å². The smallest absolute Gasteiger partial charge is 0.187 e. The van der Waals surface area contributed by atoms with Crippen LogP contribution in [0.2, 0.25) is 5.02 Å². The van der Waals surface area contributed by atoms with Gasteiger partial charge in [0.25, 0.3) is 0 Å². The maximum atomic E-state index is 5.85. The predicted molar refractivity (Wildman–Crippen MR) is 89.5 cm³/mol. The molecule has 1 aromatic carbocycles. The summed E-state index contributed by atoms with van der Waals surface area (Å²) in [6.45, 7) is 2.11. The average molecular weight is 321 g/mol. The van der Waals surface area contributed by atoms with Gasteiger partial charge in [0.15, 0.2) is 5.16 Å². The zero-order chi connectivity index (χ0) is 14.8. The van der Waals surface area contributed by atoms with Crippen molar-refractivity contribution in [2.24, 2.45) is 0 Å². The molecule has 0 unspecified atom stereocenters. The Morgan fingerprint density at radius 1 is 1.14 bits per heavy atom. The van der Waals surface area contributed by atoms with Gasteiger partial charge in [0.05, 0.1) is 13.1 Å². The number of aromatic nitrogens is 2. The molecule has 0 aliphatic heterocycles. The Balaban J connectivity index is 1.53. The fraction of sp³-hybridized carbons (Fsp3) is 0.250. The Morgan fingerprint density at radius 3 is 2.67 bits per heavy atom. The van der Waals surface area contributed by atoms with E-state index in [1.165, 1.54) is 5.56 Å². The van der Waals surface area contributed by atoms with Gasteiger partial charge in [-0.3, -0.25) is 0 Å². The molecule has 2 aromatic rings. The largest absolute Gasteiger partial charge is 0.343 e. The summed E-state index contributed by atoms with van der Waals surface area (Å²) in [5, 5.41) is 3.94. The maximum Gasteiger partial charge on any atom is 0.187 e. The molecule has 0 aliphatic rings. The molecule has 3 nitrogen and oxygen atoms in total. The van der Waals surface area contributed by atoms with Crippen molar-refractivity contribution in [3.63, 3.8) is 0 Å². The summed E-state index contributed by atoms with van der Waals surface area (Å²) in [6, 6.07) is 9.71. The first kappa shape index (κ1) is 16.0. The zero-order valence-corrected chi connectivity index (χ0v) is 13.4. The monoisotopic (exact) mass is 320 g/mol. The lowest BCUT2D eigenvalue weighted by Gasteiger charge is -1.99. The highest BCUT2D eigenvalue weighted by molar-refractivity contribution is 7.99. The van der Waals surface area contributed by atoms with E-state index in [1.807, 2.05) is 30.3 Å². The van der Waals surface area contributed by atoms with E-state index in [9.17, 15) is 0 Å². The van der Waals surface area contributed by atoms with Crippen LogP contribution in [0, 0.1) is 0 Å². The lowest BCUT2D eigenvalue weighted by atomic mass is 10.2. The standard InChI is InChI=1S/C16H18ClN3S/c17-15-7-5-14(6-8-15)4-1-9-18-10-3-13-21-16-19-11-2-12-20-16/h1-2,4-8,11-12,18H,3,9-10,13H2/p+1/b4-1+. The van der Waals surface area contributed by atoms with Crippen molar-refractivity contribution in [1.29, 1.82) is 0 Å². The number of hydrogen-bond donors (Lipinski definition) is 1. The van der Waals surface area contributed by atoms with Crippen LogP contribution >= 0.6 is 23.4 Å². The number of thioether (sulfide) groups is 1. The molecule has 0 saturated heterocycles. The number of hydrogen-bond acceptors (Lipinski definition) is 3. The van der Waals surface area contributed by atoms with Gasteiger partial charge in [0.2, 0.25) is 0 Å². The van der Waals surface area contributed by atoms with E-state index in [0.29, 0.717) is 0 Å². The second kappa shape index (κ2) is 9.55. The first-order valence-electron chi connectivity index (χ1n) is 6.98. The molecule has 0 saturated carbocycles. The van der Waals surface area contributed by atoms with Crippen molar-refractivity contribution in [1.82, 2.24) is 9.97 Å². The Labute approximate surface area is 134 Å². The van der Waals surface area contributed by atoms with Gasteiger partial charge < -0.3 is 5.32 Å². The summed E-state index contributed by atoms with van der Waals surface area (Å²) in [6.07, 6.45) is 9.01. The first-order chi connectivity index (χ1) is 10.3. The van der Waals surface area contributed by atoms with Crippen molar-refractivity contribution < 1.29 is 5.32 Å². The Bertz CT molecular complexity index is 543. The molecule has 0 bridgehead atoms. The van der Waals surface area contributed by atoms with Crippen LogP contribution in [-0.2, 0) is 0 Å².